The average Bonchev–Trinajstić information content (AvgIpc) is 2.83. The first-order valence-corrected chi connectivity index (χ1v) is 7.16. The van der Waals surface area contributed by atoms with E-state index in [1.165, 1.54) is 6.07 Å². The van der Waals surface area contributed by atoms with Gasteiger partial charge < -0.3 is 9.84 Å². The van der Waals surface area contributed by atoms with Crippen molar-refractivity contribution in [2.45, 2.75) is 30.8 Å². The Morgan fingerprint density at radius 2 is 2.42 bits per heavy atom. The number of aryl methyl sites for hydroxylation is 1. The molecule has 1 atom stereocenters. The monoisotopic (exact) mass is 279 g/mol. The second-order valence-electron chi connectivity index (χ2n) is 4.46. The molecule has 1 aromatic carbocycles. The summed E-state index contributed by atoms with van der Waals surface area (Å²) in [5.74, 6) is 1.97. The fourth-order valence-electron chi connectivity index (χ4n) is 2.22. The molecule has 0 aliphatic carbocycles. The maximum atomic E-state index is 13.7. The van der Waals surface area contributed by atoms with Crippen LogP contribution in [0.25, 0.3) is 0 Å². The lowest BCUT2D eigenvalue weighted by molar-refractivity contribution is 0.352. The molecule has 1 aliphatic heterocycles. The molecule has 3 rings (SSSR count). The van der Waals surface area contributed by atoms with Gasteiger partial charge in [-0.2, -0.15) is 4.98 Å². The molecule has 0 bridgehead atoms. The quantitative estimate of drug-likeness (QED) is 0.936. The molecule has 1 aromatic heterocycles. The third-order valence-electron chi connectivity index (χ3n) is 3.10. The maximum absolute atomic E-state index is 13.7. The van der Waals surface area contributed by atoms with E-state index < -0.39 is 0 Å². The smallest absolute Gasteiger partial charge is 0.240 e. The van der Waals surface area contributed by atoms with Crippen molar-refractivity contribution in [3.05, 3.63) is 41.3 Å². The number of thioether (sulfide) groups is 1. The van der Waals surface area contributed by atoms with Gasteiger partial charge in [0.2, 0.25) is 5.89 Å². The van der Waals surface area contributed by atoms with Crippen molar-refractivity contribution in [1.82, 2.24) is 15.5 Å². The number of benzene rings is 1. The standard InChI is InChI=1S/C13H14FN3OS/c1-8-16-12(18-17-8)7-15-11-5-6-19-13-9(11)3-2-4-10(13)14/h2-4,11,15H,5-7H2,1H3. The molecule has 1 unspecified atom stereocenters. The number of halogens is 1. The van der Waals surface area contributed by atoms with Crippen LogP contribution < -0.4 is 5.32 Å². The van der Waals surface area contributed by atoms with Gasteiger partial charge in [-0.25, -0.2) is 4.39 Å². The van der Waals surface area contributed by atoms with E-state index in [1.54, 1.807) is 24.8 Å². The lowest BCUT2D eigenvalue weighted by atomic mass is 10.0. The topological polar surface area (TPSA) is 51.0 Å². The van der Waals surface area contributed by atoms with E-state index in [2.05, 4.69) is 15.5 Å². The Labute approximate surface area is 114 Å². The lowest BCUT2D eigenvalue weighted by Crippen LogP contribution is -2.24. The van der Waals surface area contributed by atoms with Crippen LogP contribution in [0.1, 0.15) is 29.7 Å². The van der Waals surface area contributed by atoms with Crippen LogP contribution in [0.2, 0.25) is 0 Å². The van der Waals surface area contributed by atoms with Gasteiger partial charge >= 0.3 is 0 Å². The van der Waals surface area contributed by atoms with Crippen molar-refractivity contribution in [3.63, 3.8) is 0 Å². The number of rotatable bonds is 3. The van der Waals surface area contributed by atoms with Gasteiger partial charge in [-0.15, -0.1) is 11.8 Å². The SMILES string of the molecule is Cc1noc(CNC2CCSc3c(F)cccc32)n1. The van der Waals surface area contributed by atoms with E-state index >= 15 is 0 Å². The van der Waals surface area contributed by atoms with Gasteiger partial charge in [0, 0.05) is 10.9 Å². The normalized spacial score (nSPS) is 18.3. The summed E-state index contributed by atoms with van der Waals surface area (Å²) in [4.78, 5) is 4.91. The highest BCUT2D eigenvalue weighted by Crippen LogP contribution is 2.37. The van der Waals surface area contributed by atoms with Crippen molar-refractivity contribution < 1.29 is 8.91 Å². The van der Waals surface area contributed by atoms with Crippen LogP contribution in [-0.4, -0.2) is 15.9 Å². The van der Waals surface area contributed by atoms with Crippen LogP contribution in [0.15, 0.2) is 27.6 Å². The Bertz CT molecular complexity index is 587. The molecule has 1 N–H and O–H groups in total. The molecular formula is C13H14FN3OS. The van der Waals surface area contributed by atoms with Crippen molar-refractivity contribution in [2.24, 2.45) is 0 Å². The third-order valence-corrected chi connectivity index (χ3v) is 4.25. The van der Waals surface area contributed by atoms with E-state index in [4.69, 9.17) is 4.52 Å². The summed E-state index contributed by atoms with van der Waals surface area (Å²) < 4.78 is 18.8. The largest absolute Gasteiger partial charge is 0.338 e. The summed E-state index contributed by atoms with van der Waals surface area (Å²) in [6.45, 7) is 2.29. The molecule has 4 nitrogen and oxygen atoms in total. The Kier molecular flexibility index (Phi) is 3.52. The molecule has 100 valence electrons. The van der Waals surface area contributed by atoms with Gasteiger partial charge in [0.1, 0.15) is 5.82 Å². The molecule has 0 amide bonds. The molecule has 0 radical (unpaired) electrons. The van der Waals surface area contributed by atoms with E-state index in [1.807, 2.05) is 6.07 Å². The minimum Gasteiger partial charge on any atom is -0.338 e. The van der Waals surface area contributed by atoms with Crippen LogP contribution >= 0.6 is 11.8 Å². The van der Waals surface area contributed by atoms with Crippen molar-refractivity contribution in [2.75, 3.05) is 5.75 Å². The fourth-order valence-corrected chi connectivity index (χ4v) is 3.36. The summed E-state index contributed by atoms with van der Waals surface area (Å²) in [7, 11) is 0. The van der Waals surface area contributed by atoms with Crippen LogP contribution in [0.4, 0.5) is 4.39 Å². The minimum atomic E-state index is -0.136. The van der Waals surface area contributed by atoms with Crippen LogP contribution in [0.5, 0.6) is 0 Å². The summed E-state index contributed by atoms with van der Waals surface area (Å²) in [6.07, 6.45) is 0.967. The van der Waals surface area contributed by atoms with E-state index in [0.29, 0.717) is 18.3 Å². The second kappa shape index (κ2) is 5.30. The third kappa shape index (κ3) is 2.64. The fraction of sp³-hybridized carbons (Fsp3) is 0.385. The summed E-state index contributed by atoms with van der Waals surface area (Å²) in [5.41, 5.74) is 1.02. The summed E-state index contributed by atoms with van der Waals surface area (Å²) in [5, 5.41) is 7.11. The number of nitrogens with one attached hydrogen (secondary N) is 1. The van der Waals surface area contributed by atoms with Gasteiger partial charge in [0.15, 0.2) is 5.82 Å². The van der Waals surface area contributed by atoms with Crippen LogP contribution in [0, 0.1) is 12.7 Å². The highest BCUT2D eigenvalue weighted by atomic mass is 32.2. The molecular weight excluding hydrogens is 265 g/mol. The number of hydrogen-bond donors (Lipinski definition) is 1. The molecule has 0 spiro atoms. The maximum Gasteiger partial charge on any atom is 0.240 e. The molecule has 6 heteroatoms. The molecule has 19 heavy (non-hydrogen) atoms. The number of hydrogen-bond acceptors (Lipinski definition) is 5. The van der Waals surface area contributed by atoms with Gasteiger partial charge in [0.05, 0.1) is 6.54 Å². The first kappa shape index (κ1) is 12.6. The molecule has 0 fully saturated rings. The van der Waals surface area contributed by atoms with Gasteiger partial charge in [0.25, 0.3) is 0 Å². The predicted octanol–water partition coefficient (Wildman–Crippen LogP) is 2.84. The van der Waals surface area contributed by atoms with Crippen LogP contribution in [0.3, 0.4) is 0 Å². The average molecular weight is 279 g/mol. The molecule has 1 aliphatic rings. The summed E-state index contributed by atoms with van der Waals surface area (Å²) in [6, 6.07) is 5.38. The minimum absolute atomic E-state index is 0.136. The van der Waals surface area contributed by atoms with E-state index in [-0.39, 0.29) is 11.9 Å². The van der Waals surface area contributed by atoms with Gasteiger partial charge in [-0.3, -0.25) is 0 Å². The predicted molar refractivity (Wildman–Crippen MR) is 70.4 cm³/mol. The molecule has 2 aromatic rings. The van der Waals surface area contributed by atoms with Crippen LogP contribution in [-0.2, 0) is 6.54 Å². The first-order chi connectivity index (χ1) is 9.24. The van der Waals surface area contributed by atoms with E-state index in [0.717, 1.165) is 22.6 Å². The van der Waals surface area contributed by atoms with Gasteiger partial charge in [-0.05, 0) is 30.7 Å². The zero-order valence-electron chi connectivity index (χ0n) is 10.5. The van der Waals surface area contributed by atoms with Crippen molar-refractivity contribution in [3.8, 4) is 0 Å². The zero-order valence-corrected chi connectivity index (χ0v) is 11.3. The Balaban J connectivity index is 1.75. The first-order valence-electron chi connectivity index (χ1n) is 6.18. The molecule has 0 saturated heterocycles. The Hall–Kier alpha value is -1.40. The van der Waals surface area contributed by atoms with Crippen molar-refractivity contribution in [1.29, 1.82) is 0 Å². The van der Waals surface area contributed by atoms with E-state index in [9.17, 15) is 4.39 Å². The summed E-state index contributed by atoms with van der Waals surface area (Å²) >= 11 is 1.58. The highest BCUT2D eigenvalue weighted by Gasteiger charge is 2.23. The second-order valence-corrected chi connectivity index (χ2v) is 5.57. The number of aromatic nitrogens is 2. The number of fused-ring (bicyclic) bond motifs is 1. The van der Waals surface area contributed by atoms with Gasteiger partial charge in [-0.1, -0.05) is 17.3 Å². The Morgan fingerprint density at radius 3 is 3.21 bits per heavy atom. The van der Waals surface area contributed by atoms with Crippen molar-refractivity contribution >= 4 is 11.8 Å². The molecule has 2 heterocycles. The Morgan fingerprint density at radius 1 is 1.53 bits per heavy atom. The highest BCUT2D eigenvalue weighted by molar-refractivity contribution is 7.99. The zero-order chi connectivity index (χ0) is 13.2. The lowest BCUT2D eigenvalue weighted by Gasteiger charge is -2.25. The number of nitrogens with zero attached hydrogens (tertiary/aromatic N) is 2. The molecule has 0 saturated carbocycles.